The number of dihydropyridines is 1. The van der Waals surface area contributed by atoms with Gasteiger partial charge in [-0.2, -0.15) is 0 Å². The Morgan fingerprint density at radius 2 is 2.06 bits per heavy atom. The molecule has 0 fully saturated rings. The third-order valence-corrected chi connectivity index (χ3v) is 8.47. The summed E-state index contributed by atoms with van der Waals surface area (Å²) in [4.78, 5) is 4.44. The fourth-order valence-corrected chi connectivity index (χ4v) is 2.54. The summed E-state index contributed by atoms with van der Waals surface area (Å²) in [6, 6.07) is 0. The summed E-state index contributed by atoms with van der Waals surface area (Å²) in [7, 11) is -1.72. The molecule has 1 unspecified atom stereocenters. The lowest BCUT2D eigenvalue weighted by molar-refractivity contribution is 0.229. The normalized spacial score (nSPS) is 21.6. The number of aliphatic hydroxyl groups excluding tert-OH is 1. The fraction of sp³-hybridized carbons (Fsp3) is 0.786. The van der Waals surface area contributed by atoms with Crippen molar-refractivity contribution in [1.82, 2.24) is 0 Å². The van der Waals surface area contributed by atoms with Crippen LogP contribution in [0.4, 0.5) is 0 Å². The minimum atomic E-state index is -1.72. The van der Waals surface area contributed by atoms with Crippen LogP contribution in [0, 0.1) is 0 Å². The predicted octanol–water partition coefficient (Wildman–Crippen LogP) is 3.16. The van der Waals surface area contributed by atoms with Gasteiger partial charge in [0.15, 0.2) is 8.32 Å². The van der Waals surface area contributed by atoms with Crippen LogP contribution in [0.15, 0.2) is 16.6 Å². The molecule has 4 heteroatoms. The average Bonchev–Trinajstić information content (AvgIpc) is 2.25. The van der Waals surface area contributed by atoms with Gasteiger partial charge in [0.1, 0.15) is 0 Å². The predicted molar refractivity (Wildman–Crippen MR) is 79.8 cm³/mol. The van der Waals surface area contributed by atoms with Gasteiger partial charge in [-0.1, -0.05) is 27.7 Å². The molecule has 3 nitrogen and oxygen atoms in total. The van der Waals surface area contributed by atoms with Crippen LogP contribution in [0.25, 0.3) is 0 Å². The van der Waals surface area contributed by atoms with Crippen molar-refractivity contribution in [2.24, 2.45) is 4.99 Å². The van der Waals surface area contributed by atoms with E-state index in [1.807, 2.05) is 6.08 Å². The van der Waals surface area contributed by atoms with Gasteiger partial charge in [-0.3, -0.25) is 4.99 Å². The first-order chi connectivity index (χ1) is 8.17. The second-order valence-electron chi connectivity index (χ2n) is 6.45. The van der Waals surface area contributed by atoms with Crippen molar-refractivity contribution in [3.63, 3.8) is 0 Å². The smallest absolute Gasteiger partial charge is 0.192 e. The number of hydrogen-bond acceptors (Lipinski definition) is 3. The number of aliphatic hydroxyl groups is 1. The van der Waals surface area contributed by atoms with E-state index < -0.39 is 14.4 Å². The van der Waals surface area contributed by atoms with E-state index in [9.17, 15) is 5.11 Å². The van der Waals surface area contributed by atoms with Gasteiger partial charge in [-0.15, -0.1) is 0 Å². The molecular formula is C14H27NO2Si. The maximum absolute atomic E-state index is 9.57. The van der Waals surface area contributed by atoms with Crippen LogP contribution < -0.4 is 0 Å². The van der Waals surface area contributed by atoms with Crippen LogP contribution >= 0.6 is 0 Å². The highest BCUT2D eigenvalue weighted by Crippen LogP contribution is 2.36. The van der Waals surface area contributed by atoms with Crippen molar-refractivity contribution in [2.45, 2.75) is 58.4 Å². The molecule has 0 spiro atoms. The van der Waals surface area contributed by atoms with Crippen LogP contribution in [-0.2, 0) is 4.43 Å². The summed E-state index contributed by atoms with van der Waals surface area (Å²) < 4.78 is 6.19. The highest BCUT2D eigenvalue weighted by Gasteiger charge is 2.37. The highest BCUT2D eigenvalue weighted by molar-refractivity contribution is 6.74. The Bertz CT molecular complexity index is 353. The van der Waals surface area contributed by atoms with Gasteiger partial charge >= 0.3 is 0 Å². The lowest BCUT2D eigenvalue weighted by Crippen LogP contribution is -2.42. The molecule has 0 bridgehead atoms. The number of rotatable bonds is 4. The first kappa shape index (κ1) is 15.6. The Hall–Kier alpha value is -0.453. The Morgan fingerprint density at radius 3 is 2.56 bits per heavy atom. The van der Waals surface area contributed by atoms with Crippen molar-refractivity contribution in [2.75, 3.05) is 13.2 Å². The molecule has 1 atom stereocenters. The molecule has 0 aromatic carbocycles. The molecule has 0 aromatic rings. The topological polar surface area (TPSA) is 41.8 Å². The summed E-state index contributed by atoms with van der Waals surface area (Å²) in [5.41, 5.74) is 2.15. The summed E-state index contributed by atoms with van der Waals surface area (Å²) >= 11 is 0. The number of hydrogen-bond donors (Lipinski definition) is 1. The van der Waals surface area contributed by atoms with Gasteiger partial charge in [0, 0.05) is 0 Å². The standard InChI is InChI=1S/C14H27NO2Si/c1-7-11-8-12(16)9-15-13(11)10-17-18(5,6)14(2,3)4/h8,12,16H,7,9-10H2,1-6H3. The van der Waals surface area contributed by atoms with Crippen LogP contribution in [0.1, 0.15) is 34.1 Å². The molecule has 0 radical (unpaired) electrons. The molecule has 1 N–H and O–H groups in total. The number of aliphatic imine (C=N–C) groups is 1. The van der Waals surface area contributed by atoms with Crippen LogP contribution in [0.2, 0.25) is 18.1 Å². The molecular weight excluding hydrogens is 242 g/mol. The molecule has 18 heavy (non-hydrogen) atoms. The number of nitrogens with zero attached hydrogens (tertiary/aromatic N) is 1. The first-order valence-electron chi connectivity index (χ1n) is 6.74. The van der Waals surface area contributed by atoms with Crippen molar-refractivity contribution >= 4 is 14.0 Å². The Morgan fingerprint density at radius 1 is 1.44 bits per heavy atom. The summed E-state index contributed by atoms with van der Waals surface area (Å²) in [6.45, 7) is 14.4. The molecule has 104 valence electrons. The molecule has 0 aromatic heterocycles. The zero-order valence-corrected chi connectivity index (χ0v) is 13.6. The van der Waals surface area contributed by atoms with Gasteiger partial charge in [0.2, 0.25) is 0 Å². The van der Waals surface area contributed by atoms with E-state index in [0.717, 1.165) is 17.7 Å². The van der Waals surface area contributed by atoms with E-state index in [0.29, 0.717) is 13.2 Å². The van der Waals surface area contributed by atoms with Crippen molar-refractivity contribution in [3.8, 4) is 0 Å². The zero-order chi connectivity index (χ0) is 14.0. The quantitative estimate of drug-likeness (QED) is 0.797. The van der Waals surface area contributed by atoms with E-state index in [1.165, 1.54) is 0 Å². The van der Waals surface area contributed by atoms with Crippen LogP contribution in [0.3, 0.4) is 0 Å². The molecule has 0 aliphatic carbocycles. The minimum absolute atomic E-state index is 0.220. The van der Waals surface area contributed by atoms with E-state index in [2.05, 4.69) is 45.8 Å². The summed E-state index contributed by atoms with van der Waals surface area (Å²) in [5, 5.41) is 9.79. The molecule has 0 saturated carbocycles. The van der Waals surface area contributed by atoms with E-state index in [1.54, 1.807) is 0 Å². The van der Waals surface area contributed by atoms with Gasteiger partial charge in [-0.05, 0) is 36.2 Å². The molecule has 1 rings (SSSR count). The van der Waals surface area contributed by atoms with Crippen LogP contribution in [-0.4, -0.2) is 38.4 Å². The lowest BCUT2D eigenvalue weighted by atomic mass is 10.0. The highest BCUT2D eigenvalue weighted by atomic mass is 28.4. The minimum Gasteiger partial charge on any atom is -0.411 e. The third kappa shape index (κ3) is 3.77. The van der Waals surface area contributed by atoms with Gasteiger partial charge in [0.25, 0.3) is 0 Å². The maximum atomic E-state index is 9.57. The molecule has 0 amide bonds. The summed E-state index contributed by atoms with van der Waals surface area (Å²) in [5.74, 6) is 0. The van der Waals surface area contributed by atoms with Crippen molar-refractivity contribution < 1.29 is 9.53 Å². The molecule has 0 saturated heterocycles. The second kappa shape index (κ2) is 5.68. The first-order valence-corrected chi connectivity index (χ1v) is 9.64. The van der Waals surface area contributed by atoms with Gasteiger partial charge < -0.3 is 9.53 Å². The second-order valence-corrected chi connectivity index (χ2v) is 11.3. The largest absolute Gasteiger partial charge is 0.411 e. The fourth-order valence-electron chi connectivity index (χ4n) is 1.61. The monoisotopic (exact) mass is 269 g/mol. The van der Waals surface area contributed by atoms with E-state index in [-0.39, 0.29) is 5.04 Å². The Labute approximate surface area is 112 Å². The Kier molecular flexibility index (Phi) is 4.92. The Balaban J connectivity index is 2.67. The lowest BCUT2D eigenvalue weighted by Gasteiger charge is -2.36. The van der Waals surface area contributed by atoms with E-state index >= 15 is 0 Å². The van der Waals surface area contributed by atoms with Gasteiger partial charge in [-0.25, -0.2) is 0 Å². The third-order valence-electron chi connectivity index (χ3n) is 3.99. The average molecular weight is 269 g/mol. The zero-order valence-electron chi connectivity index (χ0n) is 12.6. The molecule has 1 heterocycles. The van der Waals surface area contributed by atoms with Crippen LogP contribution in [0.5, 0.6) is 0 Å². The summed E-state index contributed by atoms with van der Waals surface area (Å²) in [6.07, 6.45) is 2.39. The van der Waals surface area contributed by atoms with Gasteiger partial charge in [0.05, 0.1) is 25.0 Å². The van der Waals surface area contributed by atoms with E-state index in [4.69, 9.17) is 4.43 Å². The van der Waals surface area contributed by atoms with Crippen molar-refractivity contribution in [3.05, 3.63) is 11.6 Å². The SMILES string of the molecule is CCC1=CC(O)CN=C1CO[Si](C)(C)C(C)(C)C. The van der Waals surface area contributed by atoms with Crippen molar-refractivity contribution in [1.29, 1.82) is 0 Å². The maximum Gasteiger partial charge on any atom is 0.192 e. The molecule has 1 aliphatic rings. The molecule has 1 aliphatic heterocycles.